The second kappa shape index (κ2) is 24.2. The summed E-state index contributed by atoms with van der Waals surface area (Å²) >= 11 is 0. The fourth-order valence-electron chi connectivity index (χ4n) is 15.6. The molecule has 4 saturated heterocycles. The van der Waals surface area contributed by atoms with Crippen molar-refractivity contribution in [2.24, 2.45) is 28.6 Å². The number of rotatable bonds is 16. The summed E-state index contributed by atoms with van der Waals surface area (Å²) in [5.74, 6) is -1.15. The predicted octanol–water partition coefficient (Wildman–Crippen LogP) is 1.82. The van der Waals surface area contributed by atoms with E-state index in [0.29, 0.717) is 19.3 Å². The summed E-state index contributed by atoms with van der Waals surface area (Å²) in [6.45, 7) is 11.8. The molecule has 0 spiro atoms. The van der Waals surface area contributed by atoms with Gasteiger partial charge in [-0.3, -0.25) is 9.78 Å². The van der Waals surface area contributed by atoms with Crippen molar-refractivity contribution in [1.82, 2.24) is 4.98 Å². The SMILES string of the molecule is CO[C@@H]1[C@@H](O)[C@H](O[C@@H]2[C@@H](C)O[C@@H](O[C@H]3[C@@H](OC)C[C@H](O[C@H]4CC[C@@]5(C)[C@@H](CC[C@@H]6[C@@H]5C[C@@H](OC(C)=O)[C@]5(C)[C@](O)(C(C)OC(=O)c7cccnc7)CC[C@]65O)C4)O[C@@H]3C)C[C@H]2OC)O[C@H](C)[C@H]1O[C@@H]1O[C@H](CO)[C@@H](O)[C@H](O)[C@H]1O. The summed E-state index contributed by atoms with van der Waals surface area (Å²) < 4.78 is 80.2. The molecule has 7 N–H and O–H groups in total. The second-order valence-corrected chi connectivity index (χ2v) is 24.2. The maximum absolute atomic E-state index is 13.3. The standard InChI is InChI=1S/C56H87NO22/c1-26-46(77-41-23-37(68-9)47(27(2)71-41)78-52-45(63)49(69-10)48(28(3)72-52)79-51-44(62)43(61)42(60)38(25-58)76-51)36(67-8)22-40(70-26)75-33-15-16-53(6)32(20-33)13-14-34-35(53)21-39(74-30(5)59)54(7)55(65,17-18-56(34,54)66)29(4)73-50(64)31-12-11-19-57-24-31/h11-12,19,24,26-29,32-49,51-52,58,60-63,65-66H,13-18,20-23,25H2,1-10H3/t26-,27-,28-,29?,32+,33+,34-,35+,36+,37-,38-,39-,40+,41+,42-,43+,44-,45-,46-,47-,48-,49-,51+,52+,53+,54-,55-,56+/m1/s1. The monoisotopic (exact) mass is 1130 g/mol. The summed E-state index contributed by atoms with van der Waals surface area (Å²) in [6, 6.07) is 3.22. The molecule has 0 amide bonds. The van der Waals surface area contributed by atoms with Gasteiger partial charge in [0.25, 0.3) is 0 Å². The molecule has 5 heterocycles. The minimum absolute atomic E-state index is 0.0289. The van der Waals surface area contributed by atoms with E-state index in [1.165, 1.54) is 20.2 Å². The number of hydrogen-bond acceptors (Lipinski definition) is 23. The number of pyridine rings is 1. The van der Waals surface area contributed by atoms with E-state index in [1.54, 1.807) is 53.3 Å². The number of methoxy groups -OCH3 is 3. The van der Waals surface area contributed by atoms with E-state index in [2.05, 4.69) is 11.9 Å². The molecular formula is C56H87NO22. The molecule has 0 bridgehead atoms. The van der Waals surface area contributed by atoms with Crippen molar-refractivity contribution >= 4 is 11.9 Å². The molecule has 8 fully saturated rings. The zero-order valence-electron chi connectivity index (χ0n) is 47.1. The van der Waals surface area contributed by atoms with E-state index in [9.17, 15) is 45.3 Å². The van der Waals surface area contributed by atoms with Gasteiger partial charge in [0.1, 0.15) is 72.7 Å². The molecule has 1 unspecified atom stereocenters. The van der Waals surface area contributed by atoms with Gasteiger partial charge in [-0.1, -0.05) is 13.8 Å². The lowest BCUT2D eigenvalue weighted by atomic mass is 9.42. The minimum Gasteiger partial charge on any atom is -0.462 e. The molecule has 28 atom stereocenters. The summed E-state index contributed by atoms with van der Waals surface area (Å²) in [6.07, 6.45) is -11.7. The molecule has 23 heteroatoms. The first-order valence-electron chi connectivity index (χ1n) is 28.3. The molecule has 9 rings (SSSR count). The quantitative estimate of drug-likeness (QED) is 0.0917. The van der Waals surface area contributed by atoms with E-state index in [1.807, 2.05) is 13.8 Å². The van der Waals surface area contributed by atoms with Crippen LogP contribution in [0, 0.1) is 28.6 Å². The van der Waals surface area contributed by atoms with Crippen molar-refractivity contribution in [2.75, 3.05) is 27.9 Å². The summed E-state index contributed by atoms with van der Waals surface area (Å²) in [4.78, 5) is 30.2. The van der Waals surface area contributed by atoms with Crippen LogP contribution in [0.2, 0.25) is 0 Å². The van der Waals surface area contributed by atoms with Crippen molar-refractivity contribution in [1.29, 1.82) is 0 Å². The molecule has 23 nitrogen and oxygen atoms in total. The average Bonchev–Trinajstić information content (AvgIpc) is 2.28. The Hall–Kier alpha value is -2.63. The van der Waals surface area contributed by atoms with Crippen LogP contribution in [0.1, 0.15) is 123 Å². The Morgan fingerprint density at radius 3 is 1.96 bits per heavy atom. The number of aromatic nitrogens is 1. The van der Waals surface area contributed by atoms with E-state index in [0.717, 1.165) is 25.7 Å². The van der Waals surface area contributed by atoms with Gasteiger partial charge in [-0.25, -0.2) is 4.79 Å². The normalized spacial score (nSPS) is 49.4. The molecule has 448 valence electrons. The van der Waals surface area contributed by atoms with Gasteiger partial charge in [0, 0.05) is 53.5 Å². The Bertz CT molecular complexity index is 2220. The van der Waals surface area contributed by atoms with Crippen LogP contribution in [-0.4, -0.2) is 221 Å². The third-order valence-electron chi connectivity index (χ3n) is 20.2. The smallest absolute Gasteiger partial charge is 0.340 e. The number of carbonyl (C=O) groups excluding carboxylic acids is 2. The zero-order chi connectivity index (χ0) is 57.1. The van der Waals surface area contributed by atoms with E-state index in [-0.39, 0.29) is 54.1 Å². The molecule has 0 radical (unpaired) electrons. The fourth-order valence-corrected chi connectivity index (χ4v) is 15.6. The van der Waals surface area contributed by atoms with E-state index >= 15 is 0 Å². The summed E-state index contributed by atoms with van der Waals surface area (Å²) in [5.41, 5.74) is -4.47. The average molecular weight is 1130 g/mol. The van der Waals surface area contributed by atoms with Gasteiger partial charge in [0.2, 0.25) is 0 Å². The highest BCUT2D eigenvalue weighted by Gasteiger charge is 2.77. The molecule has 79 heavy (non-hydrogen) atoms. The Labute approximate surface area is 462 Å². The molecule has 4 aliphatic carbocycles. The molecule has 4 aliphatic heterocycles. The van der Waals surface area contributed by atoms with Crippen LogP contribution in [0.4, 0.5) is 0 Å². The van der Waals surface area contributed by atoms with Crippen molar-refractivity contribution in [3.63, 3.8) is 0 Å². The summed E-state index contributed by atoms with van der Waals surface area (Å²) in [5, 5.41) is 78.3. The first-order chi connectivity index (χ1) is 37.5. The Balaban J connectivity index is 0.792. The largest absolute Gasteiger partial charge is 0.462 e. The van der Waals surface area contributed by atoms with Crippen LogP contribution in [-0.2, 0) is 66.4 Å². The fraction of sp³-hybridized carbons (Fsp3) is 0.875. The first kappa shape index (κ1) is 60.9. The lowest BCUT2D eigenvalue weighted by Gasteiger charge is -2.66. The van der Waals surface area contributed by atoms with Crippen LogP contribution in [0.5, 0.6) is 0 Å². The van der Waals surface area contributed by atoms with Crippen molar-refractivity contribution in [2.45, 2.75) is 253 Å². The third kappa shape index (κ3) is 11.1. The van der Waals surface area contributed by atoms with Gasteiger partial charge in [0.05, 0.1) is 59.8 Å². The third-order valence-corrected chi connectivity index (χ3v) is 20.2. The van der Waals surface area contributed by atoms with Crippen molar-refractivity contribution in [3.05, 3.63) is 30.1 Å². The van der Waals surface area contributed by atoms with Crippen LogP contribution in [0.15, 0.2) is 24.5 Å². The van der Waals surface area contributed by atoms with Gasteiger partial charge in [0.15, 0.2) is 25.2 Å². The van der Waals surface area contributed by atoms with Crippen LogP contribution < -0.4 is 0 Å². The Morgan fingerprint density at radius 2 is 1.34 bits per heavy atom. The molecule has 1 aromatic rings. The number of aliphatic hydroxyl groups is 7. The Morgan fingerprint density at radius 1 is 0.709 bits per heavy atom. The van der Waals surface area contributed by atoms with Gasteiger partial charge in [-0.2, -0.15) is 0 Å². The highest BCUT2D eigenvalue weighted by Crippen LogP contribution is 2.71. The van der Waals surface area contributed by atoms with Crippen LogP contribution >= 0.6 is 0 Å². The van der Waals surface area contributed by atoms with Crippen molar-refractivity contribution < 1.29 is 107 Å². The lowest BCUT2D eigenvalue weighted by molar-refractivity contribution is -0.373. The number of fused-ring (bicyclic) bond motifs is 5. The molecule has 4 saturated carbocycles. The molecular weight excluding hydrogens is 1040 g/mol. The number of nitrogens with zero attached hydrogens (tertiary/aromatic N) is 1. The van der Waals surface area contributed by atoms with E-state index < -0.39 is 158 Å². The first-order valence-corrected chi connectivity index (χ1v) is 28.3. The lowest BCUT2D eigenvalue weighted by Crippen LogP contribution is -2.72. The summed E-state index contributed by atoms with van der Waals surface area (Å²) in [7, 11) is 4.54. The maximum Gasteiger partial charge on any atom is 0.340 e. The van der Waals surface area contributed by atoms with Gasteiger partial charge < -0.3 is 97.3 Å². The van der Waals surface area contributed by atoms with Gasteiger partial charge >= 0.3 is 11.9 Å². The second-order valence-electron chi connectivity index (χ2n) is 24.2. The number of ether oxygens (including phenoxy) is 13. The van der Waals surface area contributed by atoms with Crippen molar-refractivity contribution in [3.8, 4) is 0 Å². The van der Waals surface area contributed by atoms with Gasteiger partial charge in [-0.05, 0) is 114 Å². The zero-order valence-corrected chi connectivity index (χ0v) is 47.1. The predicted molar refractivity (Wildman–Crippen MR) is 272 cm³/mol. The highest BCUT2D eigenvalue weighted by atomic mass is 16.8. The topological polar surface area (TPSA) is 309 Å². The van der Waals surface area contributed by atoms with Gasteiger partial charge in [-0.15, -0.1) is 0 Å². The highest BCUT2D eigenvalue weighted by molar-refractivity contribution is 5.89. The molecule has 8 aliphatic rings. The minimum atomic E-state index is -1.71. The van der Waals surface area contributed by atoms with E-state index in [4.69, 9.17) is 61.6 Å². The van der Waals surface area contributed by atoms with Crippen LogP contribution in [0.3, 0.4) is 0 Å². The Kier molecular flexibility index (Phi) is 18.6. The molecule has 0 aromatic carbocycles. The maximum atomic E-state index is 13.3. The number of hydrogen-bond donors (Lipinski definition) is 7. The van der Waals surface area contributed by atoms with Crippen LogP contribution in [0.25, 0.3) is 0 Å². The number of aliphatic hydroxyl groups excluding tert-OH is 5. The number of carbonyl (C=O) groups is 2. The molecule has 1 aromatic heterocycles. The number of esters is 2.